The first kappa shape index (κ1) is 18.1. The lowest BCUT2D eigenvalue weighted by Crippen LogP contribution is -1.96. The number of fused-ring (bicyclic) bond motifs is 6. The molecule has 33 heavy (non-hydrogen) atoms. The van der Waals surface area contributed by atoms with Crippen molar-refractivity contribution in [3.8, 4) is 22.5 Å². The zero-order valence-corrected chi connectivity index (χ0v) is 17.7. The van der Waals surface area contributed by atoms with E-state index >= 15 is 0 Å². The Balaban J connectivity index is 1.64. The van der Waals surface area contributed by atoms with Gasteiger partial charge in [0.2, 0.25) is 0 Å². The molecule has 0 bridgehead atoms. The Hall–Kier alpha value is -4.50. The third-order valence-electron chi connectivity index (χ3n) is 6.26. The van der Waals surface area contributed by atoms with E-state index in [9.17, 15) is 0 Å². The van der Waals surface area contributed by atoms with Gasteiger partial charge in [-0.15, -0.1) is 0 Å². The average Bonchev–Trinajstić information content (AvgIpc) is 3.27. The Morgan fingerprint density at radius 1 is 0.515 bits per heavy atom. The molecule has 3 nitrogen and oxygen atoms in total. The van der Waals surface area contributed by atoms with E-state index in [0.29, 0.717) is 0 Å². The van der Waals surface area contributed by atoms with Crippen LogP contribution in [0.2, 0.25) is 0 Å². The van der Waals surface area contributed by atoms with Crippen LogP contribution in [0.3, 0.4) is 0 Å². The molecular weight excluding hydrogens is 404 g/mol. The van der Waals surface area contributed by atoms with E-state index in [4.69, 9.17) is 14.4 Å². The minimum Gasteiger partial charge on any atom is -0.455 e. The highest BCUT2D eigenvalue weighted by Gasteiger charge is 2.19. The Labute approximate surface area is 190 Å². The fraction of sp³-hybridized carbons (Fsp3) is 0. The Bertz CT molecular complexity index is 1820. The highest BCUT2D eigenvalue weighted by molar-refractivity contribution is 6.19. The quantitative estimate of drug-likeness (QED) is 0.283. The molecule has 2 aromatic heterocycles. The van der Waals surface area contributed by atoms with Crippen molar-refractivity contribution in [1.82, 2.24) is 9.97 Å². The van der Waals surface area contributed by atoms with E-state index in [0.717, 1.165) is 66.3 Å². The van der Waals surface area contributed by atoms with Crippen LogP contribution in [0.25, 0.3) is 66.3 Å². The van der Waals surface area contributed by atoms with Gasteiger partial charge in [-0.25, -0.2) is 9.97 Å². The molecular formula is C30H18N2O. The van der Waals surface area contributed by atoms with Crippen molar-refractivity contribution in [3.05, 3.63) is 109 Å². The van der Waals surface area contributed by atoms with Crippen molar-refractivity contribution in [2.75, 3.05) is 0 Å². The fourth-order valence-electron chi connectivity index (χ4n) is 4.73. The average molecular weight is 422 g/mol. The molecule has 0 fully saturated rings. The number of rotatable bonds is 2. The first-order chi connectivity index (χ1) is 16.4. The third kappa shape index (κ3) is 2.76. The van der Waals surface area contributed by atoms with E-state index in [2.05, 4.69) is 54.6 Å². The molecule has 0 amide bonds. The normalized spacial score (nSPS) is 11.6. The monoisotopic (exact) mass is 422 g/mol. The van der Waals surface area contributed by atoms with E-state index in [1.807, 2.05) is 54.6 Å². The summed E-state index contributed by atoms with van der Waals surface area (Å²) in [6, 6.07) is 37.2. The second kappa shape index (κ2) is 7.01. The summed E-state index contributed by atoms with van der Waals surface area (Å²) < 4.78 is 6.41. The number of furan rings is 1. The van der Waals surface area contributed by atoms with Gasteiger partial charge in [0.25, 0.3) is 0 Å². The van der Waals surface area contributed by atoms with Gasteiger partial charge in [0.15, 0.2) is 0 Å². The van der Waals surface area contributed by atoms with Gasteiger partial charge in [-0.2, -0.15) is 0 Å². The van der Waals surface area contributed by atoms with Gasteiger partial charge >= 0.3 is 0 Å². The molecule has 7 rings (SSSR count). The number of nitrogens with zero attached hydrogens (tertiary/aromatic N) is 2. The summed E-state index contributed by atoms with van der Waals surface area (Å²) in [6.45, 7) is 0. The maximum absolute atomic E-state index is 6.41. The first-order valence-electron chi connectivity index (χ1n) is 11.0. The van der Waals surface area contributed by atoms with Crippen LogP contribution in [-0.2, 0) is 0 Å². The second-order valence-electron chi connectivity index (χ2n) is 8.22. The summed E-state index contributed by atoms with van der Waals surface area (Å²) in [5.41, 5.74) is 7.33. The van der Waals surface area contributed by atoms with Gasteiger partial charge in [-0.3, -0.25) is 0 Å². The van der Waals surface area contributed by atoms with Gasteiger partial charge in [0, 0.05) is 27.3 Å². The molecule has 0 atom stereocenters. The van der Waals surface area contributed by atoms with Gasteiger partial charge in [-0.05, 0) is 29.7 Å². The zero-order valence-electron chi connectivity index (χ0n) is 17.7. The summed E-state index contributed by atoms with van der Waals surface area (Å²) in [4.78, 5) is 10.2. The second-order valence-corrected chi connectivity index (χ2v) is 8.22. The number of hydrogen-bond donors (Lipinski definition) is 0. The van der Waals surface area contributed by atoms with Gasteiger partial charge < -0.3 is 4.42 Å². The predicted molar refractivity (Wildman–Crippen MR) is 135 cm³/mol. The molecule has 154 valence electrons. The first-order valence-corrected chi connectivity index (χ1v) is 11.0. The molecule has 0 unspecified atom stereocenters. The minimum absolute atomic E-state index is 0.860. The van der Waals surface area contributed by atoms with Gasteiger partial charge in [0.1, 0.15) is 11.2 Å². The van der Waals surface area contributed by atoms with Crippen LogP contribution in [0, 0.1) is 0 Å². The van der Waals surface area contributed by atoms with Crippen LogP contribution in [-0.4, -0.2) is 9.97 Å². The molecule has 0 aliphatic carbocycles. The fourth-order valence-corrected chi connectivity index (χ4v) is 4.73. The molecule has 0 aliphatic rings. The van der Waals surface area contributed by atoms with E-state index in [-0.39, 0.29) is 0 Å². The van der Waals surface area contributed by atoms with Gasteiger partial charge in [0.05, 0.1) is 22.4 Å². The minimum atomic E-state index is 0.860. The smallest absolute Gasteiger partial charge is 0.143 e. The molecule has 0 aliphatic heterocycles. The van der Waals surface area contributed by atoms with Crippen LogP contribution in [0.4, 0.5) is 0 Å². The topological polar surface area (TPSA) is 38.9 Å². The lowest BCUT2D eigenvalue weighted by molar-refractivity contribution is 0.673. The molecule has 3 heteroatoms. The van der Waals surface area contributed by atoms with E-state index in [1.165, 1.54) is 0 Å². The summed E-state index contributed by atoms with van der Waals surface area (Å²) in [6.07, 6.45) is 0. The van der Waals surface area contributed by atoms with Crippen molar-refractivity contribution >= 4 is 43.7 Å². The van der Waals surface area contributed by atoms with E-state index in [1.54, 1.807) is 0 Å². The summed E-state index contributed by atoms with van der Waals surface area (Å²) in [7, 11) is 0. The third-order valence-corrected chi connectivity index (χ3v) is 6.26. The largest absolute Gasteiger partial charge is 0.455 e. The summed E-state index contributed by atoms with van der Waals surface area (Å²) in [5, 5.41) is 4.42. The SMILES string of the molecule is c1ccc(-c2nc3ccccc3nc2-c2cccc3ccc4c5ccccc5oc4c23)cc1. The molecule has 0 N–H and O–H groups in total. The molecule has 2 heterocycles. The van der Waals surface area contributed by atoms with Crippen molar-refractivity contribution in [2.24, 2.45) is 0 Å². The van der Waals surface area contributed by atoms with Crippen LogP contribution in [0.5, 0.6) is 0 Å². The summed E-state index contributed by atoms with van der Waals surface area (Å²) >= 11 is 0. The highest BCUT2D eigenvalue weighted by Crippen LogP contribution is 2.41. The molecule has 0 saturated heterocycles. The maximum Gasteiger partial charge on any atom is 0.143 e. The van der Waals surface area contributed by atoms with Crippen molar-refractivity contribution in [2.45, 2.75) is 0 Å². The lowest BCUT2D eigenvalue weighted by Gasteiger charge is -2.13. The lowest BCUT2D eigenvalue weighted by atomic mass is 9.96. The Morgan fingerprint density at radius 3 is 2.09 bits per heavy atom. The Morgan fingerprint density at radius 2 is 1.24 bits per heavy atom. The summed E-state index contributed by atoms with van der Waals surface area (Å²) in [5.74, 6) is 0. The molecule has 7 aromatic rings. The van der Waals surface area contributed by atoms with Crippen molar-refractivity contribution < 1.29 is 4.42 Å². The Kier molecular flexibility index (Phi) is 3.84. The van der Waals surface area contributed by atoms with Crippen LogP contribution >= 0.6 is 0 Å². The number of benzene rings is 5. The van der Waals surface area contributed by atoms with Gasteiger partial charge in [-0.1, -0.05) is 84.9 Å². The van der Waals surface area contributed by atoms with Crippen molar-refractivity contribution in [3.63, 3.8) is 0 Å². The molecule has 5 aromatic carbocycles. The highest BCUT2D eigenvalue weighted by atomic mass is 16.3. The number of aromatic nitrogens is 2. The zero-order chi connectivity index (χ0) is 21.8. The van der Waals surface area contributed by atoms with Crippen LogP contribution < -0.4 is 0 Å². The molecule has 0 radical (unpaired) electrons. The maximum atomic E-state index is 6.41. The molecule has 0 spiro atoms. The van der Waals surface area contributed by atoms with Crippen LogP contribution in [0.1, 0.15) is 0 Å². The predicted octanol–water partition coefficient (Wildman–Crippen LogP) is 8.02. The number of para-hydroxylation sites is 3. The van der Waals surface area contributed by atoms with Crippen LogP contribution in [0.15, 0.2) is 114 Å². The number of hydrogen-bond acceptors (Lipinski definition) is 3. The standard InChI is InChI=1S/C30H18N2O/c1-2-9-20(10-3-1)28-29(32-25-15-6-5-14-24(25)31-28)23-13-8-11-19-17-18-22-21-12-4-7-16-26(21)33-30(22)27(19)23/h1-18H. The van der Waals surface area contributed by atoms with E-state index < -0.39 is 0 Å². The molecule has 0 saturated carbocycles. The van der Waals surface area contributed by atoms with Crippen molar-refractivity contribution in [1.29, 1.82) is 0 Å².